The molecular formula is C37H73N5O7S. The van der Waals surface area contributed by atoms with Crippen molar-refractivity contribution in [1.82, 2.24) is 26.2 Å². The predicted molar refractivity (Wildman–Crippen MR) is 204 cm³/mol. The molecule has 3 rings (SSSR count). The summed E-state index contributed by atoms with van der Waals surface area (Å²) >= 11 is 0. The first-order valence-corrected chi connectivity index (χ1v) is 20.5. The molecule has 1 aliphatic carbocycles. The van der Waals surface area contributed by atoms with Gasteiger partial charge in [0.15, 0.2) is 9.84 Å². The fraction of sp³-hybridized carbons (Fsp3) is 0.838. The Morgan fingerprint density at radius 3 is 1.94 bits per heavy atom. The van der Waals surface area contributed by atoms with E-state index in [0.29, 0.717) is 31.5 Å². The number of nitrogens with one attached hydrogen (secondary N) is 4. The number of nitrogens with zero attached hydrogens (tertiary/aromatic N) is 1. The molecule has 0 aromatic rings. The molecule has 2 heterocycles. The molecule has 0 aromatic carbocycles. The van der Waals surface area contributed by atoms with Crippen LogP contribution in [0.25, 0.3) is 0 Å². The minimum Gasteiger partial charge on any atom is -0.381 e. The summed E-state index contributed by atoms with van der Waals surface area (Å²) in [6, 6.07) is -1.45. The maximum absolute atomic E-state index is 12.9. The monoisotopic (exact) mass is 732 g/mol. The molecule has 2 saturated heterocycles. The average Bonchev–Trinajstić information content (AvgIpc) is 3.59. The Hall–Kier alpha value is -2.51. The highest BCUT2D eigenvalue weighted by Crippen LogP contribution is 2.40. The van der Waals surface area contributed by atoms with Gasteiger partial charge in [-0.15, -0.1) is 6.58 Å². The zero-order valence-corrected chi connectivity index (χ0v) is 33.8. The smallest absolute Gasteiger partial charge is 0.250 e. The van der Waals surface area contributed by atoms with Gasteiger partial charge in [0.1, 0.15) is 18.2 Å². The molecule has 4 atom stereocenters. The number of unbranched alkanes of at least 4 members (excludes halogenated alkanes) is 1. The lowest BCUT2D eigenvalue weighted by Crippen LogP contribution is -2.61. The van der Waals surface area contributed by atoms with Crippen LogP contribution in [-0.4, -0.2) is 104 Å². The van der Waals surface area contributed by atoms with E-state index < -0.39 is 45.3 Å². The Kier molecular flexibility index (Phi) is 26.1. The second-order valence-electron chi connectivity index (χ2n) is 13.9. The second kappa shape index (κ2) is 26.3. The van der Waals surface area contributed by atoms with Gasteiger partial charge in [-0.1, -0.05) is 107 Å². The van der Waals surface area contributed by atoms with Gasteiger partial charge in [0.25, 0.3) is 5.91 Å². The molecule has 5 N–H and O–H groups in total. The Morgan fingerprint density at radius 1 is 0.980 bits per heavy atom. The SMILES string of the molecule is C=CCNC(=O)C(O)CNC(=O)C1CCCN1C(=O)[C@@H](NC=O)C(C)(C)C.CC.CCC.CCCC.CNC1(C2CCS2(=O)=O)CCCCC1. The molecule has 3 aliphatic rings. The van der Waals surface area contributed by atoms with Crippen LogP contribution in [0.2, 0.25) is 0 Å². The highest BCUT2D eigenvalue weighted by atomic mass is 32.2. The van der Waals surface area contributed by atoms with Crippen molar-refractivity contribution in [2.24, 2.45) is 5.41 Å². The minimum atomic E-state index is -2.75. The number of aliphatic hydroxyl groups is 1. The van der Waals surface area contributed by atoms with Crippen molar-refractivity contribution in [3.8, 4) is 0 Å². The first kappa shape index (κ1) is 49.6. The van der Waals surface area contributed by atoms with Crippen molar-refractivity contribution in [2.75, 3.05) is 32.4 Å². The van der Waals surface area contributed by atoms with Crippen LogP contribution in [0.15, 0.2) is 12.7 Å². The van der Waals surface area contributed by atoms with Crippen LogP contribution in [0.4, 0.5) is 0 Å². The van der Waals surface area contributed by atoms with Crippen LogP contribution >= 0.6 is 0 Å². The maximum atomic E-state index is 12.9. The van der Waals surface area contributed by atoms with E-state index in [-0.39, 0.29) is 29.8 Å². The molecular weight excluding hydrogens is 659 g/mol. The summed E-state index contributed by atoms with van der Waals surface area (Å²) in [5.74, 6) is -0.967. The van der Waals surface area contributed by atoms with Crippen molar-refractivity contribution in [1.29, 1.82) is 0 Å². The average molecular weight is 732 g/mol. The van der Waals surface area contributed by atoms with Crippen LogP contribution in [0.3, 0.4) is 0 Å². The first-order valence-electron chi connectivity index (χ1n) is 18.8. The van der Waals surface area contributed by atoms with Gasteiger partial charge >= 0.3 is 0 Å². The number of rotatable bonds is 12. The van der Waals surface area contributed by atoms with E-state index in [1.54, 1.807) is 0 Å². The third-order valence-electron chi connectivity index (χ3n) is 8.84. The molecule has 3 fully saturated rings. The summed E-state index contributed by atoms with van der Waals surface area (Å²) in [4.78, 5) is 49.3. The number of hydrogen-bond donors (Lipinski definition) is 5. The Labute approximate surface area is 304 Å². The van der Waals surface area contributed by atoms with E-state index in [0.717, 1.165) is 19.3 Å². The fourth-order valence-corrected chi connectivity index (χ4v) is 7.79. The molecule has 0 bridgehead atoms. The number of carbonyl (C=O) groups is 4. The van der Waals surface area contributed by atoms with Gasteiger partial charge < -0.3 is 31.3 Å². The van der Waals surface area contributed by atoms with Crippen LogP contribution < -0.4 is 21.3 Å². The highest BCUT2D eigenvalue weighted by Gasteiger charge is 2.50. The topological polar surface area (TPSA) is 174 Å². The Bertz CT molecular complexity index is 1090. The molecule has 1 saturated carbocycles. The summed E-state index contributed by atoms with van der Waals surface area (Å²) < 4.78 is 23.3. The number of amides is 4. The van der Waals surface area contributed by atoms with Gasteiger partial charge in [-0.05, 0) is 44.6 Å². The third kappa shape index (κ3) is 16.7. The quantitative estimate of drug-likeness (QED) is 0.146. The van der Waals surface area contributed by atoms with Crippen molar-refractivity contribution in [3.63, 3.8) is 0 Å². The van der Waals surface area contributed by atoms with E-state index in [9.17, 15) is 32.7 Å². The molecule has 12 nitrogen and oxygen atoms in total. The molecule has 3 unspecified atom stereocenters. The molecule has 0 radical (unpaired) electrons. The van der Waals surface area contributed by atoms with Crippen molar-refractivity contribution < 1.29 is 32.7 Å². The van der Waals surface area contributed by atoms with Gasteiger partial charge in [0.05, 0.1) is 17.5 Å². The summed E-state index contributed by atoms with van der Waals surface area (Å²) in [7, 11) is -0.839. The number of sulfone groups is 1. The minimum absolute atomic E-state index is 0.0880. The molecule has 294 valence electrons. The fourth-order valence-electron chi connectivity index (χ4n) is 5.89. The van der Waals surface area contributed by atoms with E-state index in [1.165, 1.54) is 49.5 Å². The molecule has 4 amide bonds. The van der Waals surface area contributed by atoms with Crippen LogP contribution in [0.1, 0.15) is 133 Å². The summed E-state index contributed by atoms with van der Waals surface area (Å²) in [6.45, 7) is 21.9. The number of aliphatic hydroxyl groups excluding tert-OH is 1. The van der Waals surface area contributed by atoms with Crippen LogP contribution in [0, 0.1) is 5.41 Å². The van der Waals surface area contributed by atoms with Crippen LogP contribution in [0.5, 0.6) is 0 Å². The number of likely N-dealkylation sites (tertiary alicyclic amines) is 1. The van der Waals surface area contributed by atoms with E-state index in [2.05, 4.69) is 55.5 Å². The lowest BCUT2D eigenvalue weighted by atomic mass is 9.78. The molecule has 0 aromatic heterocycles. The molecule has 0 spiro atoms. The van der Waals surface area contributed by atoms with Crippen molar-refractivity contribution in [2.45, 2.75) is 162 Å². The van der Waals surface area contributed by atoms with Crippen LogP contribution in [-0.2, 0) is 29.0 Å². The summed E-state index contributed by atoms with van der Waals surface area (Å²) in [6.07, 6.45) is 12.1. The van der Waals surface area contributed by atoms with Gasteiger partial charge in [-0.25, -0.2) is 8.42 Å². The lowest BCUT2D eigenvalue weighted by Gasteiger charge is -2.47. The lowest BCUT2D eigenvalue weighted by molar-refractivity contribution is -0.143. The van der Waals surface area contributed by atoms with Gasteiger partial charge in [-0.3, -0.25) is 19.2 Å². The van der Waals surface area contributed by atoms with E-state index in [4.69, 9.17) is 0 Å². The zero-order chi connectivity index (χ0) is 39.0. The normalized spacial score (nSPS) is 21.1. The molecule has 2 aliphatic heterocycles. The molecule has 13 heteroatoms. The van der Waals surface area contributed by atoms with Crippen molar-refractivity contribution >= 4 is 34.0 Å². The number of hydrogen-bond acceptors (Lipinski definition) is 8. The largest absolute Gasteiger partial charge is 0.381 e. The van der Waals surface area contributed by atoms with Gasteiger partial charge in [0, 0.05) is 18.6 Å². The van der Waals surface area contributed by atoms with E-state index >= 15 is 0 Å². The molecule has 50 heavy (non-hydrogen) atoms. The standard InChI is InChI=1S/C18H30N4O5.C10H19NO2S.C4H10.C3H8.C2H6/c1-5-8-19-16(26)13(24)10-20-15(25)12-7-6-9-22(12)17(27)14(21-11-23)18(2,3)4;1-11-10(6-3-2-4-7-10)9-5-8-14(9,12)13;1-3-4-2;1-3-2;1-2/h5,11-14,24H,1,6-10H2,2-4H3,(H,19,26)(H,20,25)(H,21,23);9,11H,2-8H2,1H3;3-4H2,1-2H3;3H2,1-2H3;1-2H3/t12?,13?,14-;;;;/m1..../s1. The number of carbonyl (C=O) groups excluding carboxylic acids is 4. The summed E-state index contributed by atoms with van der Waals surface area (Å²) in [5.41, 5.74) is -0.601. The first-order chi connectivity index (χ1) is 23.6. The predicted octanol–water partition coefficient (Wildman–Crippen LogP) is 4.26. The Morgan fingerprint density at radius 2 is 1.54 bits per heavy atom. The highest BCUT2D eigenvalue weighted by molar-refractivity contribution is 7.93. The van der Waals surface area contributed by atoms with Gasteiger partial charge in [0.2, 0.25) is 18.2 Å². The second-order valence-corrected chi connectivity index (χ2v) is 16.2. The third-order valence-corrected chi connectivity index (χ3v) is 11.2. The summed E-state index contributed by atoms with van der Waals surface area (Å²) in [5, 5.41) is 20.5. The van der Waals surface area contributed by atoms with E-state index in [1.807, 2.05) is 41.7 Å². The van der Waals surface area contributed by atoms with Gasteiger partial charge in [-0.2, -0.15) is 0 Å². The Balaban J connectivity index is 0. The maximum Gasteiger partial charge on any atom is 0.250 e. The zero-order valence-electron chi connectivity index (χ0n) is 33.0. The van der Waals surface area contributed by atoms with Crippen molar-refractivity contribution in [3.05, 3.63) is 12.7 Å².